The van der Waals surface area contributed by atoms with Crippen LogP contribution >= 0.6 is 0 Å². The Morgan fingerprint density at radius 3 is 2.38 bits per heavy atom. The van der Waals surface area contributed by atoms with Crippen LogP contribution < -0.4 is 15.4 Å². The molecule has 1 aliphatic rings. The molecule has 0 aliphatic heterocycles. The Morgan fingerprint density at radius 1 is 1.00 bits per heavy atom. The van der Waals surface area contributed by atoms with Gasteiger partial charge in [-0.2, -0.15) is 0 Å². The summed E-state index contributed by atoms with van der Waals surface area (Å²) < 4.78 is 5.87. The fraction of sp³-hybridized carbons (Fsp3) is 0.417. The predicted octanol–water partition coefficient (Wildman–Crippen LogP) is 3.35. The van der Waals surface area contributed by atoms with Gasteiger partial charge >= 0.3 is 0 Å². The molecule has 1 fully saturated rings. The molecule has 29 heavy (non-hydrogen) atoms. The van der Waals surface area contributed by atoms with Crippen LogP contribution in [0, 0.1) is 11.8 Å². The molecule has 154 valence electrons. The van der Waals surface area contributed by atoms with Gasteiger partial charge in [0.2, 0.25) is 11.8 Å². The van der Waals surface area contributed by atoms with Gasteiger partial charge in [0.25, 0.3) is 0 Å². The van der Waals surface area contributed by atoms with E-state index >= 15 is 0 Å². The first-order valence-corrected chi connectivity index (χ1v) is 10.4. The SMILES string of the molecule is CC(=O)N[C@@H]1C[C@H](COc2ccccc2)C[C@H]1C(=O)NCCCc1ccccc1. The number of para-hydroxylation sites is 1. The number of nitrogens with one attached hydrogen (secondary N) is 2. The molecule has 2 amide bonds. The fourth-order valence-electron chi connectivity index (χ4n) is 4.00. The number of carbonyl (C=O) groups is 2. The summed E-state index contributed by atoms with van der Waals surface area (Å²) in [5.41, 5.74) is 1.27. The Labute approximate surface area is 172 Å². The van der Waals surface area contributed by atoms with Crippen molar-refractivity contribution in [3.63, 3.8) is 0 Å². The van der Waals surface area contributed by atoms with E-state index in [4.69, 9.17) is 4.74 Å². The van der Waals surface area contributed by atoms with Crippen LogP contribution in [0.2, 0.25) is 0 Å². The molecule has 5 heteroatoms. The molecule has 0 aromatic heterocycles. The molecule has 3 rings (SSSR count). The molecule has 0 heterocycles. The van der Waals surface area contributed by atoms with Gasteiger partial charge in [0.05, 0.1) is 12.5 Å². The van der Waals surface area contributed by atoms with E-state index in [0.29, 0.717) is 13.2 Å². The van der Waals surface area contributed by atoms with E-state index in [1.807, 2.05) is 48.5 Å². The summed E-state index contributed by atoms with van der Waals surface area (Å²) in [5.74, 6) is 0.796. The molecule has 1 aliphatic carbocycles. The Hall–Kier alpha value is -2.82. The number of rotatable bonds is 9. The number of amides is 2. The number of benzene rings is 2. The van der Waals surface area contributed by atoms with Crippen LogP contribution in [0.4, 0.5) is 0 Å². The van der Waals surface area contributed by atoms with E-state index in [1.54, 1.807) is 0 Å². The van der Waals surface area contributed by atoms with Crippen LogP contribution in [0.1, 0.15) is 31.7 Å². The molecule has 2 aromatic carbocycles. The quantitative estimate of drug-likeness (QED) is 0.641. The Kier molecular flexibility index (Phi) is 7.68. The second-order valence-electron chi connectivity index (χ2n) is 7.76. The molecular weight excluding hydrogens is 364 g/mol. The highest BCUT2D eigenvalue weighted by molar-refractivity contribution is 5.81. The van der Waals surface area contributed by atoms with Crippen molar-refractivity contribution in [2.75, 3.05) is 13.2 Å². The van der Waals surface area contributed by atoms with Gasteiger partial charge in [0.15, 0.2) is 0 Å². The van der Waals surface area contributed by atoms with E-state index in [-0.39, 0.29) is 29.7 Å². The molecule has 0 radical (unpaired) electrons. The zero-order valence-corrected chi connectivity index (χ0v) is 17.0. The highest BCUT2D eigenvalue weighted by Gasteiger charge is 2.39. The molecule has 2 aromatic rings. The molecule has 1 saturated carbocycles. The summed E-state index contributed by atoms with van der Waals surface area (Å²) in [4.78, 5) is 24.4. The lowest BCUT2D eigenvalue weighted by Crippen LogP contribution is -2.43. The second-order valence-corrected chi connectivity index (χ2v) is 7.76. The van der Waals surface area contributed by atoms with Crippen LogP contribution in [0.3, 0.4) is 0 Å². The summed E-state index contributed by atoms with van der Waals surface area (Å²) in [7, 11) is 0. The Balaban J connectivity index is 1.48. The maximum atomic E-state index is 12.8. The van der Waals surface area contributed by atoms with Crippen LogP contribution in [0.5, 0.6) is 5.75 Å². The zero-order valence-electron chi connectivity index (χ0n) is 17.0. The minimum atomic E-state index is -0.208. The molecule has 0 spiro atoms. The van der Waals surface area contributed by atoms with Crippen molar-refractivity contribution in [2.45, 2.75) is 38.6 Å². The first kappa shape index (κ1) is 20.9. The smallest absolute Gasteiger partial charge is 0.225 e. The van der Waals surface area contributed by atoms with Crippen molar-refractivity contribution in [3.05, 3.63) is 66.2 Å². The Morgan fingerprint density at radius 2 is 1.69 bits per heavy atom. The van der Waals surface area contributed by atoms with Crippen LogP contribution in [0.25, 0.3) is 0 Å². The predicted molar refractivity (Wildman–Crippen MR) is 114 cm³/mol. The van der Waals surface area contributed by atoms with Crippen molar-refractivity contribution >= 4 is 11.8 Å². The molecule has 5 nitrogen and oxygen atoms in total. The first-order valence-electron chi connectivity index (χ1n) is 10.4. The molecular formula is C24H30N2O3. The summed E-state index contributed by atoms with van der Waals surface area (Å²) in [5, 5.41) is 6.02. The van der Waals surface area contributed by atoms with Crippen LogP contribution in [-0.4, -0.2) is 31.0 Å². The van der Waals surface area contributed by atoms with Gasteiger partial charge < -0.3 is 15.4 Å². The Bertz CT molecular complexity index is 779. The molecule has 0 bridgehead atoms. The molecule has 3 atom stereocenters. The van der Waals surface area contributed by atoms with Gasteiger partial charge in [0.1, 0.15) is 5.75 Å². The average Bonchev–Trinajstić information content (AvgIpc) is 3.13. The lowest BCUT2D eigenvalue weighted by Gasteiger charge is -2.19. The van der Waals surface area contributed by atoms with Gasteiger partial charge in [-0.3, -0.25) is 9.59 Å². The molecule has 2 N–H and O–H groups in total. The topological polar surface area (TPSA) is 67.4 Å². The number of ether oxygens (including phenoxy) is 1. The lowest BCUT2D eigenvalue weighted by atomic mass is 10.0. The van der Waals surface area contributed by atoms with Gasteiger partial charge in [-0.1, -0.05) is 48.5 Å². The van der Waals surface area contributed by atoms with Gasteiger partial charge in [0, 0.05) is 19.5 Å². The van der Waals surface area contributed by atoms with Gasteiger partial charge in [-0.15, -0.1) is 0 Å². The maximum Gasteiger partial charge on any atom is 0.225 e. The summed E-state index contributed by atoms with van der Waals surface area (Å²) in [6.45, 7) is 2.70. The third-order valence-electron chi connectivity index (χ3n) is 5.40. The van der Waals surface area contributed by atoms with Crippen LogP contribution in [-0.2, 0) is 16.0 Å². The average molecular weight is 395 g/mol. The minimum Gasteiger partial charge on any atom is -0.493 e. The number of hydrogen-bond acceptors (Lipinski definition) is 3. The largest absolute Gasteiger partial charge is 0.493 e. The third kappa shape index (κ3) is 6.63. The molecule has 0 saturated heterocycles. The zero-order chi connectivity index (χ0) is 20.5. The van der Waals surface area contributed by atoms with E-state index in [0.717, 1.165) is 31.4 Å². The van der Waals surface area contributed by atoms with Gasteiger partial charge in [-0.25, -0.2) is 0 Å². The normalized spacial score (nSPS) is 20.8. The van der Waals surface area contributed by atoms with Crippen molar-refractivity contribution in [1.29, 1.82) is 0 Å². The summed E-state index contributed by atoms with van der Waals surface area (Å²) >= 11 is 0. The summed E-state index contributed by atoms with van der Waals surface area (Å²) in [6, 6.07) is 19.8. The van der Waals surface area contributed by atoms with E-state index in [9.17, 15) is 9.59 Å². The highest BCUT2D eigenvalue weighted by Crippen LogP contribution is 2.32. The standard InChI is InChI=1S/C24H30N2O3/c1-18(27)26-23-16-20(17-29-21-12-6-3-7-13-21)15-22(23)24(28)25-14-8-11-19-9-4-2-5-10-19/h2-7,9-10,12-13,20,22-23H,8,11,14-17H2,1H3,(H,25,28)(H,26,27)/t20-,22-,23-/m1/s1. The second kappa shape index (κ2) is 10.6. The fourth-order valence-corrected chi connectivity index (χ4v) is 4.00. The number of hydrogen-bond donors (Lipinski definition) is 2. The van der Waals surface area contributed by atoms with E-state index in [1.165, 1.54) is 12.5 Å². The minimum absolute atomic E-state index is 0.0269. The maximum absolute atomic E-state index is 12.8. The van der Waals surface area contributed by atoms with E-state index in [2.05, 4.69) is 22.8 Å². The van der Waals surface area contributed by atoms with Crippen LogP contribution in [0.15, 0.2) is 60.7 Å². The number of aryl methyl sites for hydroxylation is 1. The van der Waals surface area contributed by atoms with Crippen molar-refractivity contribution in [2.24, 2.45) is 11.8 Å². The first-order chi connectivity index (χ1) is 14.1. The molecule has 0 unspecified atom stereocenters. The van der Waals surface area contributed by atoms with E-state index < -0.39 is 0 Å². The number of carbonyl (C=O) groups excluding carboxylic acids is 2. The van der Waals surface area contributed by atoms with Crippen molar-refractivity contribution in [3.8, 4) is 5.75 Å². The van der Waals surface area contributed by atoms with Gasteiger partial charge in [-0.05, 0) is 49.3 Å². The monoisotopic (exact) mass is 394 g/mol. The van der Waals surface area contributed by atoms with Crippen molar-refractivity contribution in [1.82, 2.24) is 10.6 Å². The highest BCUT2D eigenvalue weighted by atomic mass is 16.5. The lowest BCUT2D eigenvalue weighted by molar-refractivity contribution is -0.126. The third-order valence-corrected chi connectivity index (χ3v) is 5.40. The summed E-state index contributed by atoms with van der Waals surface area (Å²) in [6.07, 6.45) is 3.32. The van der Waals surface area contributed by atoms with Crippen molar-refractivity contribution < 1.29 is 14.3 Å².